The topological polar surface area (TPSA) is 109 Å². The molecule has 180 valence electrons. The van der Waals surface area contributed by atoms with Gasteiger partial charge in [-0.1, -0.05) is 25.1 Å². The van der Waals surface area contributed by atoms with Crippen molar-refractivity contribution < 1.29 is 9.13 Å². The summed E-state index contributed by atoms with van der Waals surface area (Å²) in [5.74, 6) is 6.31. The van der Waals surface area contributed by atoms with E-state index in [1.54, 1.807) is 11.5 Å². The number of ether oxygens (including phenoxy) is 1. The third-order valence-electron chi connectivity index (χ3n) is 7.20. The number of nitrogens with two attached hydrogens (primary N) is 2. The maximum Gasteiger partial charge on any atom is 0.350 e. The fourth-order valence-electron chi connectivity index (χ4n) is 5.28. The molecule has 2 aromatic carbocycles. The first-order chi connectivity index (χ1) is 16.3. The van der Waals surface area contributed by atoms with Gasteiger partial charge in [0, 0.05) is 30.7 Å². The van der Waals surface area contributed by atoms with Crippen LogP contribution in [0.5, 0.6) is 5.75 Å². The number of para-hydroxylation sites is 1. The summed E-state index contributed by atoms with van der Waals surface area (Å²) in [4.78, 5) is 27.5. The highest BCUT2D eigenvalue weighted by atomic mass is 19.1. The van der Waals surface area contributed by atoms with Gasteiger partial charge in [-0.25, -0.2) is 9.18 Å². The van der Waals surface area contributed by atoms with Crippen LogP contribution in [0.3, 0.4) is 0 Å². The lowest BCUT2D eigenvalue weighted by atomic mass is 9.91. The summed E-state index contributed by atoms with van der Waals surface area (Å²) in [5, 5.41) is 0.129. The number of benzene rings is 2. The number of aryl methyl sites for hydroxylation is 1. The second-order valence-electron chi connectivity index (χ2n) is 9.62. The predicted octanol–water partition coefficient (Wildman–Crippen LogP) is 2.14. The van der Waals surface area contributed by atoms with Crippen LogP contribution in [-0.2, 0) is 0 Å². The highest BCUT2D eigenvalue weighted by Crippen LogP contribution is 2.40. The number of fused-ring (bicyclic) bond motifs is 1. The van der Waals surface area contributed by atoms with Gasteiger partial charge >= 0.3 is 5.69 Å². The molecule has 3 atom stereocenters. The standard InChI is InChI=1S/C25H30FN5O3/c1-14-11-29(12-19(14)21(27)13-34-17-6-4-3-5-7-17)23-15(2)22-18(10-20(23)26)24(32)31(28)25(33)30(22)16-8-9-16/h3-7,10,14,16,19,21H,8-9,11-13,27-28H2,1-2H3/t14-,19+,21+/m1/s1. The van der Waals surface area contributed by atoms with E-state index in [9.17, 15) is 9.59 Å². The molecule has 0 bridgehead atoms. The van der Waals surface area contributed by atoms with Gasteiger partial charge in [-0.2, -0.15) is 4.68 Å². The SMILES string of the molecule is Cc1c(N2C[C@H]([C@@H](N)COc3ccccc3)[C@H](C)C2)c(F)cc2c(=O)n(N)c(=O)n(C3CC3)c12. The summed E-state index contributed by atoms with van der Waals surface area (Å²) in [7, 11) is 0. The maximum absolute atomic E-state index is 15.4. The second-order valence-corrected chi connectivity index (χ2v) is 9.62. The Balaban J connectivity index is 1.47. The monoisotopic (exact) mass is 467 g/mol. The van der Waals surface area contributed by atoms with Gasteiger partial charge in [0.05, 0.1) is 16.6 Å². The Labute approximate surface area is 196 Å². The summed E-state index contributed by atoms with van der Waals surface area (Å²) >= 11 is 0. The number of anilines is 1. The Hall–Kier alpha value is -3.33. The molecule has 2 fully saturated rings. The molecule has 1 aliphatic carbocycles. The first-order valence-corrected chi connectivity index (χ1v) is 11.7. The molecule has 2 heterocycles. The third-order valence-corrected chi connectivity index (χ3v) is 7.20. The Morgan fingerprint density at radius 1 is 1.18 bits per heavy atom. The summed E-state index contributed by atoms with van der Waals surface area (Å²) in [6.45, 7) is 5.42. The average molecular weight is 468 g/mol. The van der Waals surface area contributed by atoms with Gasteiger partial charge < -0.3 is 21.2 Å². The fraction of sp³-hybridized carbons (Fsp3) is 0.440. The average Bonchev–Trinajstić information content (AvgIpc) is 3.59. The molecule has 8 nitrogen and oxygen atoms in total. The van der Waals surface area contributed by atoms with E-state index in [1.807, 2.05) is 35.2 Å². The van der Waals surface area contributed by atoms with E-state index in [0.717, 1.165) is 18.6 Å². The molecular formula is C25H30FN5O3. The number of rotatable bonds is 6. The van der Waals surface area contributed by atoms with Crippen molar-refractivity contribution in [3.8, 4) is 5.75 Å². The van der Waals surface area contributed by atoms with Crippen molar-refractivity contribution in [1.82, 2.24) is 9.24 Å². The van der Waals surface area contributed by atoms with Crippen LogP contribution in [0.1, 0.15) is 31.4 Å². The molecule has 3 aromatic rings. The Bertz CT molecular complexity index is 1350. The van der Waals surface area contributed by atoms with Crippen molar-refractivity contribution in [2.24, 2.45) is 17.6 Å². The first-order valence-electron chi connectivity index (χ1n) is 11.7. The largest absolute Gasteiger partial charge is 0.492 e. The van der Waals surface area contributed by atoms with Crippen molar-refractivity contribution in [3.63, 3.8) is 0 Å². The minimum Gasteiger partial charge on any atom is -0.492 e. The van der Waals surface area contributed by atoms with Crippen LogP contribution in [0.15, 0.2) is 46.0 Å². The molecule has 9 heteroatoms. The van der Waals surface area contributed by atoms with Crippen LogP contribution in [-0.4, -0.2) is 35.0 Å². The highest BCUT2D eigenvalue weighted by molar-refractivity contribution is 5.87. The quantitative estimate of drug-likeness (QED) is 0.538. The zero-order valence-corrected chi connectivity index (χ0v) is 19.4. The lowest BCUT2D eigenvalue weighted by Crippen LogP contribution is -2.44. The molecule has 1 aliphatic heterocycles. The molecule has 0 unspecified atom stereocenters. The minimum atomic E-state index is -0.682. The van der Waals surface area contributed by atoms with Gasteiger partial charge in [-0.3, -0.25) is 9.36 Å². The summed E-state index contributed by atoms with van der Waals surface area (Å²) in [6, 6.07) is 10.5. The molecule has 1 saturated heterocycles. The van der Waals surface area contributed by atoms with Crippen LogP contribution in [0, 0.1) is 24.6 Å². The van der Waals surface area contributed by atoms with E-state index in [1.165, 1.54) is 6.07 Å². The number of hydrogen-bond acceptors (Lipinski definition) is 6. The van der Waals surface area contributed by atoms with Gasteiger partial charge in [0.25, 0.3) is 5.56 Å². The summed E-state index contributed by atoms with van der Waals surface area (Å²) in [6.07, 6.45) is 1.66. The van der Waals surface area contributed by atoms with Gasteiger partial charge in [-0.15, -0.1) is 0 Å². The smallest absolute Gasteiger partial charge is 0.350 e. The lowest BCUT2D eigenvalue weighted by Gasteiger charge is -2.25. The van der Waals surface area contributed by atoms with Gasteiger partial charge in [-0.05, 0) is 49.8 Å². The third kappa shape index (κ3) is 3.73. The lowest BCUT2D eigenvalue weighted by molar-refractivity contribution is 0.233. The number of hydrogen-bond donors (Lipinski definition) is 2. The Morgan fingerprint density at radius 3 is 2.56 bits per heavy atom. The van der Waals surface area contributed by atoms with Crippen molar-refractivity contribution in [1.29, 1.82) is 0 Å². The maximum atomic E-state index is 15.4. The van der Waals surface area contributed by atoms with Crippen LogP contribution in [0.25, 0.3) is 10.9 Å². The molecule has 0 spiro atoms. The molecule has 0 radical (unpaired) electrons. The first kappa shape index (κ1) is 22.5. The van der Waals surface area contributed by atoms with E-state index in [4.69, 9.17) is 16.3 Å². The van der Waals surface area contributed by atoms with E-state index in [2.05, 4.69) is 6.92 Å². The van der Waals surface area contributed by atoms with Crippen molar-refractivity contribution in [2.75, 3.05) is 30.4 Å². The molecule has 2 aliphatic rings. The van der Waals surface area contributed by atoms with E-state index >= 15 is 4.39 Å². The van der Waals surface area contributed by atoms with E-state index < -0.39 is 17.1 Å². The van der Waals surface area contributed by atoms with Crippen molar-refractivity contribution in [2.45, 2.75) is 38.8 Å². The van der Waals surface area contributed by atoms with Crippen LogP contribution >= 0.6 is 0 Å². The minimum absolute atomic E-state index is 0.0174. The van der Waals surface area contributed by atoms with Gasteiger partial charge in [0.1, 0.15) is 18.2 Å². The second kappa shape index (κ2) is 8.47. The summed E-state index contributed by atoms with van der Waals surface area (Å²) < 4.78 is 23.4. The molecule has 5 rings (SSSR count). The van der Waals surface area contributed by atoms with E-state index in [-0.39, 0.29) is 29.3 Å². The Morgan fingerprint density at radius 2 is 1.88 bits per heavy atom. The molecule has 1 saturated carbocycles. The number of halogens is 1. The van der Waals surface area contributed by atoms with E-state index in [0.29, 0.717) is 41.1 Å². The van der Waals surface area contributed by atoms with Crippen LogP contribution in [0.4, 0.5) is 10.1 Å². The number of nitrogen functional groups attached to an aromatic ring is 1. The molecule has 1 aromatic heterocycles. The van der Waals surface area contributed by atoms with Crippen molar-refractivity contribution in [3.05, 3.63) is 68.6 Å². The molecule has 4 N–H and O–H groups in total. The fourth-order valence-corrected chi connectivity index (χ4v) is 5.28. The Kier molecular flexibility index (Phi) is 5.59. The van der Waals surface area contributed by atoms with Gasteiger partial charge in [0.15, 0.2) is 0 Å². The zero-order chi connectivity index (χ0) is 24.1. The zero-order valence-electron chi connectivity index (χ0n) is 19.4. The van der Waals surface area contributed by atoms with Crippen LogP contribution in [0.2, 0.25) is 0 Å². The molecule has 0 amide bonds. The van der Waals surface area contributed by atoms with Crippen LogP contribution < -0.4 is 32.5 Å². The summed E-state index contributed by atoms with van der Waals surface area (Å²) in [5.41, 5.74) is 6.74. The molecular weight excluding hydrogens is 437 g/mol. The number of nitrogens with zero attached hydrogens (tertiary/aromatic N) is 3. The highest BCUT2D eigenvalue weighted by Gasteiger charge is 2.37. The molecule has 34 heavy (non-hydrogen) atoms. The normalized spacial score (nSPS) is 21.2. The predicted molar refractivity (Wildman–Crippen MR) is 130 cm³/mol. The van der Waals surface area contributed by atoms with Gasteiger partial charge in [0.2, 0.25) is 0 Å². The van der Waals surface area contributed by atoms with Crippen molar-refractivity contribution >= 4 is 16.6 Å². The number of aromatic nitrogens is 2.